The Bertz CT molecular complexity index is 545. The molecule has 1 aromatic carbocycles. The summed E-state index contributed by atoms with van der Waals surface area (Å²) < 4.78 is 1.00. The number of halogens is 1. The molecule has 0 fully saturated rings. The minimum absolute atomic E-state index is 0.136. The van der Waals surface area contributed by atoms with Crippen LogP contribution in [0.3, 0.4) is 0 Å². The second-order valence-electron chi connectivity index (χ2n) is 3.88. The van der Waals surface area contributed by atoms with Gasteiger partial charge in [-0.3, -0.25) is 9.78 Å². The second-order valence-corrected chi connectivity index (χ2v) is 4.80. The molecular weight excluding hydrogens is 294 g/mol. The molecule has 0 aliphatic heterocycles. The number of hydrogen-bond donors (Lipinski definition) is 0. The maximum absolute atomic E-state index is 12.0. The number of hydrogen-bond acceptors (Lipinski definition) is 3. The normalized spacial score (nSPS) is 10.1. The van der Waals surface area contributed by atoms with Gasteiger partial charge in [0.1, 0.15) is 5.69 Å². The Morgan fingerprint density at radius 1 is 1.39 bits per heavy atom. The highest BCUT2D eigenvalue weighted by Gasteiger charge is 2.13. The van der Waals surface area contributed by atoms with E-state index < -0.39 is 0 Å². The van der Waals surface area contributed by atoms with Crippen LogP contribution < -0.4 is 0 Å². The fourth-order valence-corrected chi connectivity index (χ4v) is 2.03. The summed E-state index contributed by atoms with van der Waals surface area (Å²) in [5.74, 6) is -0.136. The molecule has 0 saturated carbocycles. The molecule has 5 heteroatoms. The Balaban J connectivity index is 2.09. The maximum atomic E-state index is 12.0. The van der Waals surface area contributed by atoms with Crippen LogP contribution in [0.2, 0.25) is 0 Å². The van der Waals surface area contributed by atoms with E-state index in [2.05, 4.69) is 25.9 Å². The topological polar surface area (TPSA) is 46.1 Å². The third kappa shape index (κ3) is 3.13. The van der Waals surface area contributed by atoms with Crippen molar-refractivity contribution in [2.24, 2.45) is 0 Å². The molecule has 2 aromatic rings. The smallest absolute Gasteiger partial charge is 0.274 e. The molecule has 0 bridgehead atoms. The van der Waals surface area contributed by atoms with Gasteiger partial charge < -0.3 is 4.90 Å². The van der Waals surface area contributed by atoms with Crippen molar-refractivity contribution in [3.05, 3.63) is 58.6 Å². The molecule has 0 unspecified atom stereocenters. The zero-order chi connectivity index (χ0) is 13.0. The van der Waals surface area contributed by atoms with Crippen LogP contribution in [0.25, 0.3) is 0 Å². The Hall–Kier alpha value is -1.75. The SMILES string of the molecule is CN(Cc1cccc(Br)c1)C(=O)c1cnccn1. The van der Waals surface area contributed by atoms with E-state index in [1.54, 1.807) is 18.1 Å². The molecule has 1 heterocycles. The van der Waals surface area contributed by atoms with Gasteiger partial charge in [0.2, 0.25) is 0 Å². The summed E-state index contributed by atoms with van der Waals surface area (Å²) in [6, 6.07) is 7.86. The Morgan fingerprint density at radius 2 is 2.22 bits per heavy atom. The van der Waals surface area contributed by atoms with E-state index in [9.17, 15) is 4.79 Å². The van der Waals surface area contributed by atoms with Gasteiger partial charge >= 0.3 is 0 Å². The number of aromatic nitrogens is 2. The van der Waals surface area contributed by atoms with Crippen molar-refractivity contribution in [2.75, 3.05) is 7.05 Å². The minimum Gasteiger partial charge on any atom is -0.336 e. The molecule has 2 rings (SSSR count). The average molecular weight is 306 g/mol. The molecule has 4 nitrogen and oxygen atoms in total. The van der Waals surface area contributed by atoms with Crippen LogP contribution in [0.15, 0.2) is 47.3 Å². The van der Waals surface area contributed by atoms with Crippen molar-refractivity contribution < 1.29 is 4.79 Å². The van der Waals surface area contributed by atoms with Crippen molar-refractivity contribution in [1.82, 2.24) is 14.9 Å². The quantitative estimate of drug-likeness (QED) is 0.875. The number of amides is 1. The molecule has 0 spiro atoms. The van der Waals surface area contributed by atoms with Crippen LogP contribution in [0.4, 0.5) is 0 Å². The predicted molar refractivity (Wildman–Crippen MR) is 72.0 cm³/mol. The van der Waals surface area contributed by atoms with Gasteiger partial charge in [0.15, 0.2) is 0 Å². The van der Waals surface area contributed by atoms with Crippen molar-refractivity contribution in [3.8, 4) is 0 Å². The van der Waals surface area contributed by atoms with Crippen LogP contribution in [0, 0.1) is 0 Å². The van der Waals surface area contributed by atoms with E-state index in [1.807, 2.05) is 24.3 Å². The largest absolute Gasteiger partial charge is 0.336 e. The van der Waals surface area contributed by atoms with E-state index in [4.69, 9.17) is 0 Å². The van der Waals surface area contributed by atoms with Gasteiger partial charge in [0, 0.05) is 30.5 Å². The first-order valence-electron chi connectivity index (χ1n) is 5.43. The first-order valence-corrected chi connectivity index (χ1v) is 6.22. The Kier molecular flexibility index (Phi) is 4.04. The molecule has 1 aromatic heterocycles. The lowest BCUT2D eigenvalue weighted by atomic mass is 10.2. The fraction of sp³-hybridized carbons (Fsp3) is 0.154. The fourth-order valence-electron chi connectivity index (χ4n) is 1.59. The average Bonchev–Trinajstić information content (AvgIpc) is 2.39. The Labute approximate surface area is 114 Å². The zero-order valence-electron chi connectivity index (χ0n) is 9.88. The number of benzene rings is 1. The van der Waals surface area contributed by atoms with Gasteiger partial charge in [-0.2, -0.15) is 0 Å². The van der Waals surface area contributed by atoms with Crippen molar-refractivity contribution in [1.29, 1.82) is 0 Å². The van der Waals surface area contributed by atoms with Crippen molar-refractivity contribution >= 4 is 21.8 Å². The van der Waals surface area contributed by atoms with E-state index >= 15 is 0 Å². The van der Waals surface area contributed by atoms with Crippen LogP contribution in [0.5, 0.6) is 0 Å². The molecule has 0 aliphatic rings. The lowest BCUT2D eigenvalue weighted by molar-refractivity contribution is 0.0779. The van der Waals surface area contributed by atoms with E-state index in [1.165, 1.54) is 12.4 Å². The van der Waals surface area contributed by atoms with Crippen LogP contribution in [-0.4, -0.2) is 27.8 Å². The van der Waals surface area contributed by atoms with E-state index in [0.717, 1.165) is 10.0 Å². The van der Waals surface area contributed by atoms with Gasteiger partial charge in [0.05, 0.1) is 6.20 Å². The van der Waals surface area contributed by atoms with E-state index in [-0.39, 0.29) is 5.91 Å². The van der Waals surface area contributed by atoms with Crippen LogP contribution >= 0.6 is 15.9 Å². The first-order chi connectivity index (χ1) is 8.66. The number of carbonyl (C=O) groups excluding carboxylic acids is 1. The maximum Gasteiger partial charge on any atom is 0.274 e. The summed E-state index contributed by atoms with van der Waals surface area (Å²) in [5, 5.41) is 0. The Morgan fingerprint density at radius 3 is 2.89 bits per heavy atom. The van der Waals surface area contributed by atoms with Crippen molar-refractivity contribution in [3.63, 3.8) is 0 Å². The molecular formula is C13H12BrN3O. The molecule has 0 aliphatic carbocycles. The van der Waals surface area contributed by atoms with Gasteiger partial charge in [-0.1, -0.05) is 28.1 Å². The second kappa shape index (κ2) is 5.73. The molecule has 0 N–H and O–H groups in total. The summed E-state index contributed by atoms with van der Waals surface area (Å²) in [7, 11) is 1.75. The summed E-state index contributed by atoms with van der Waals surface area (Å²) in [5.41, 5.74) is 1.42. The molecule has 1 amide bonds. The highest BCUT2D eigenvalue weighted by atomic mass is 79.9. The summed E-state index contributed by atoms with van der Waals surface area (Å²) >= 11 is 3.41. The summed E-state index contributed by atoms with van der Waals surface area (Å²) in [6.07, 6.45) is 4.53. The molecule has 92 valence electrons. The molecule has 18 heavy (non-hydrogen) atoms. The van der Waals surface area contributed by atoms with E-state index in [0.29, 0.717) is 12.2 Å². The zero-order valence-corrected chi connectivity index (χ0v) is 11.5. The van der Waals surface area contributed by atoms with Gasteiger partial charge in [-0.25, -0.2) is 4.98 Å². The summed E-state index contributed by atoms with van der Waals surface area (Å²) in [4.78, 5) is 21.6. The standard InChI is InChI=1S/C13H12BrN3O/c1-17(9-10-3-2-4-11(14)7-10)13(18)12-8-15-5-6-16-12/h2-8H,9H2,1H3. The number of rotatable bonds is 3. The molecule has 0 saturated heterocycles. The predicted octanol–water partition coefficient (Wildman–Crippen LogP) is 2.51. The minimum atomic E-state index is -0.136. The highest BCUT2D eigenvalue weighted by Crippen LogP contribution is 2.13. The van der Waals surface area contributed by atoms with Gasteiger partial charge in [0.25, 0.3) is 5.91 Å². The number of carbonyl (C=O) groups is 1. The van der Waals surface area contributed by atoms with Crippen molar-refractivity contribution in [2.45, 2.75) is 6.54 Å². The third-order valence-corrected chi connectivity index (χ3v) is 2.93. The lowest BCUT2D eigenvalue weighted by Gasteiger charge is -2.16. The highest BCUT2D eigenvalue weighted by molar-refractivity contribution is 9.10. The molecule has 0 atom stereocenters. The van der Waals surface area contributed by atoms with Gasteiger partial charge in [-0.05, 0) is 17.7 Å². The third-order valence-electron chi connectivity index (χ3n) is 2.44. The van der Waals surface area contributed by atoms with Crippen LogP contribution in [0.1, 0.15) is 16.1 Å². The molecule has 0 radical (unpaired) electrons. The van der Waals surface area contributed by atoms with Crippen LogP contribution in [-0.2, 0) is 6.54 Å². The summed E-state index contributed by atoms with van der Waals surface area (Å²) in [6.45, 7) is 0.537. The van der Waals surface area contributed by atoms with Gasteiger partial charge in [-0.15, -0.1) is 0 Å². The monoisotopic (exact) mass is 305 g/mol. The first kappa shape index (κ1) is 12.7. The lowest BCUT2D eigenvalue weighted by Crippen LogP contribution is -2.27. The number of nitrogens with zero attached hydrogens (tertiary/aromatic N) is 3.